The second-order valence-electron chi connectivity index (χ2n) is 6.70. The lowest BCUT2D eigenvalue weighted by atomic mass is 10.1. The lowest BCUT2D eigenvalue weighted by Crippen LogP contribution is -2.31. The van der Waals surface area contributed by atoms with Gasteiger partial charge in [-0.1, -0.05) is 59.3 Å². The summed E-state index contributed by atoms with van der Waals surface area (Å²) in [4.78, 5) is 14.3. The van der Waals surface area contributed by atoms with Gasteiger partial charge in [0.2, 0.25) is 5.91 Å². The van der Waals surface area contributed by atoms with Gasteiger partial charge in [-0.15, -0.1) is 10.2 Å². The highest BCUT2D eigenvalue weighted by Gasteiger charge is 2.18. The van der Waals surface area contributed by atoms with Gasteiger partial charge in [0, 0.05) is 24.3 Å². The van der Waals surface area contributed by atoms with Crippen molar-refractivity contribution in [3.8, 4) is 17.1 Å². The first-order valence-electron chi connectivity index (χ1n) is 9.53. The molecule has 1 heterocycles. The van der Waals surface area contributed by atoms with Gasteiger partial charge in [0.1, 0.15) is 0 Å². The predicted octanol–water partition coefficient (Wildman–Crippen LogP) is 4.51. The molecule has 0 unspecified atom stereocenters. The number of rotatable bonds is 7. The zero-order chi connectivity index (χ0) is 20.1. The molecule has 0 aliphatic rings. The normalized spacial score (nSPS) is 10.9. The average Bonchev–Trinajstić information content (AvgIpc) is 3.12. The maximum atomic E-state index is 12.4. The van der Waals surface area contributed by atoms with Crippen LogP contribution in [0.25, 0.3) is 17.1 Å². The Labute approximate surface area is 170 Å². The van der Waals surface area contributed by atoms with E-state index < -0.39 is 0 Å². The van der Waals surface area contributed by atoms with Crippen molar-refractivity contribution in [2.45, 2.75) is 32.9 Å². The van der Waals surface area contributed by atoms with E-state index in [4.69, 9.17) is 0 Å². The topological polar surface area (TPSA) is 51.0 Å². The standard InChI is InChI=1S/C22H26N4OS/c1-5-25(6-2)20(27)15-28-22-24-23-21(18-11-7-16(3)8-12-18)26(22)19-13-9-17(4)10-14-19/h7-14H,5-6,15H2,1-4H3. The molecular formula is C22H26N4OS. The molecule has 0 aliphatic carbocycles. The number of hydrogen-bond acceptors (Lipinski definition) is 4. The van der Waals surface area contributed by atoms with Crippen LogP contribution in [0.2, 0.25) is 0 Å². The number of amides is 1. The van der Waals surface area contributed by atoms with E-state index in [0.717, 1.165) is 35.3 Å². The van der Waals surface area contributed by atoms with Gasteiger partial charge < -0.3 is 4.90 Å². The molecule has 3 rings (SSSR count). The van der Waals surface area contributed by atoms with Crippen molar-refractivity contribution >= 4 is 17.7 Å². The van der Waals surface area contributed by atoms with E-state index in [-0.39, 0.29) is 5.91 Å². The Bertz CT molecular complexity index is 928. The van der Waals surface area contributed by atoms with Crippen LogP contribution in [0.1, 0.15) is 25.0 Å². The van der Waals surface area contributed by atoms with E-state index in [2.05, 4.69) is 72.6 Å². The molecule has 1 amide bonds. The Kier molecular flexibility index (Phi) is 6.52. The fourth-order valence-electron chi connectivity index (χ4n) is 2.97. The molecule has 0 aliphatic heterocycles. The number of nitrogens with zero attached hydrogens (tertiary/aromatic N) is 4. The van der Waals surface area contributed by atoms with Crippen LogP contribution < -0.4 is 0 Å². The van der Waals surface area contributed by atoms with Crippen molar-refractivity contribution in [1.29, 1.82) is 0 Å². The monoisotopic (exact) mass is 394 g/mol. The molecular weight excluding hydrogens is 368 g/mol. The molecule has 3 aromatic rings. The van der Waals surface area contributed by atoms with Crippen LogP contribution in [-0.2, 0) is 4.79 Å². The van der Waals surface area contributed by atoms with E-state index in [0.29, 0.717) is 5.75 Å². The molecule has 0 saturated heterocycles. The molecule has 5 nitrogen and oxygen atoms in total. The minimum absolute atomic E-state index is 0.116. The highest BCUT2D eigenvalue weighted by atomic mass is 32.2. The number of aryl methyl sites for hydroxylation is 2. The highest BCUT2D eigenvalue weighted by molar-refractivity contribution is 7.99. The van der Waals surface area contributed by atoms with E-state index in [1.54, 1.807) is 0 Å². The molecule has 0 spiro atoms. The summed E-state index contributed by atoms with van der Waals surface area (Å²) in [7, 11) is 0. The average molecular weight is 395 g/mol. The van der Waals surface area contributed by atoms with Gasteiger partial charge in [-0.05, 0) is 39.8 Å². The van der Waals surface area contributed by atoms with Crippen LogP contribution >= 0.6 is 11.8 Å². The first kappa shape index (κ1) is 20.1. The summed E-state index contributed by atoms with van der Waals surface area (Å²) in [5, 5.41) is 9.57. The van der Waals surface area contributed by atoms with Crippen molar-refractivity contribution in [3.05, 3.63) is 59.7 Å². The second-order valence-corrected chi connectivity index (χ2v) is 7.64. The van der Waals surface area contributed by atoms with Crippen LogP contribution in [0.3, 0.4) is 0 Å². The Morgan fingerprint density at radius 3 is 2.07 bits per heavy atom. The van der Waals surface area contributed by atoms with Crippen LogP contribution in [0, 0.1) is 13.8 Å². The van der Waals surface area contributed by atoms with E-state index >= 15 is 0 Å². The minimum Gasteiger partial charge on any atom is -0.343 e. The van der Waals surface area contributed by atoms with Crippen molar-refractivity contribution in [3.63, 3.8) is 0 Å². The summed E-state index contributed by atoms with van der Waals surface area (Å²) in [6, 6.07) is 16.5. The first-order chi connectivity index (χ1) is 13.5. The molecule has 6 heteroatoms. The molecule has 0 N–H and O–H groups in total. The van der Waals surface area contributed by atoms with E-state index in [9.17, 15) is 4.79 Å². The molecule has 146 valence electrons. The lowest BCUT2D eigenvalue weighted by Gasteiger charge is -2.18. The van der Waals surface area contributed by atoms with E-state index in [1.807, 2.05) is 23.3 Å². The Hall–Kier alpha value is -2.60. The maximum absolute atomic E-state index is 12.4. The quantitative estimate of drug-likeness (QED) is 0.553. The molecule has 0 atom stereocenters. The first-order valence-corrected chi connectivity index (χ1v) is 10.5. The fourth-order valence-corrected chi connectivity index (χ4v) is 3.83. The molecule has 28 heavy (non-hydrogen) atoms. The van der Waals surface area contributed by atoms with Crippen molar-refractivity contribution in [2.24, 2.45) is 0 Å². The Balaban J connectivity index is 1.97. The van der Waals surface area contributed by atoms with Crippen LogP contribution in [0.5, 0.6) is 0 Å². The summed E-state index contributed by atoms with van der Waals surface area (Å²) in [5.74, 6) is 1.24. The van der Waals surface area contributed by atoms with Gasteiger partial charge >= 0.3 is 0 Å². The van der Waals surface area contributed by atoms with Gasteiger partial charge in [0.25, 0.3) is 0 Å². The third-order valence-electron chi connectivity index (χ3n) is 4.68. The van der Waals surface area contributed by atoms with Crippen molar-refractivity contribution in [2.75, 3.05) is 18.8 Å². The molecule has 0 fully saturated rings. The molecule has 0 saturated carbocycles. The number of benzene rings is 2. The summed E-state index contributed by atoms with van der Waals surface area (Å²) in [6.45, 7) is 9.56. The summed E-state index contributed by atoms with van der Waals surface area (Å²) >= 11 is 1.43. The number of carbonyl (C=O) groups excluding carboxylic acids is 1. The molecule has 0 bridgehead atoms. The summed E-state index contributed by atoms with van der Waals surface area (Å²) in [6.07, 6.45) is 0. The zero-order valence-electron chi connectivity index (χ0n) is 16.8. The zero-order valence-corrected chi connectivity index (χ0v) is 17.7. The van der Waals surface area contributed by atoms with Crippen LogP contribution in [0.4, 0.5) is 0 Å². The summed E-state index contributed by atoms with van der Waals surface area (Å²) < 4.78 is 2.03. The Morgan fingerprint density at radius 1 is 0.929 bits per heavy atom. The Morgan fingerprint density at radius 2 is 1.50 bits per heavy atom. The molecule has 2 aromatic carbocycles. The predicted molar refractivity (Wildman–Crippen MR) is 115 cm³/mol. The van der Waals surface area contributed by atoms with Gasteiger partial charge in [-0.25, -0.2) is 0 Å². The lowest BCUT2D eigenvalue weighted by molar-refractivity contribution is -0.127. The maximum Gasteiger partial charge on any atom is 0.233 e. The van der Waals surface area contributed by atoms with Gasteiger partial charge in [0.05, 0.1) is 5.75 Å². The SMILES string of the molecule is CCN(CC)C(=O)CSc1nnc(-c2ccc(C)cc2)n1-c1ccc(C)cc1. The van der Waals surface area contributed by atoms with Crippen molar-refractivity contribution < 1.29 is 4.79 Å². The molecule has 1 aromatic heterocycles. The number of thioether (sulfide) groups is 1. The smallest absolute Gasteiger partial charge is 0.233 e. The third kappa shape index (κ3) is 4.44. The van der Waals surface area contributed by atoms with Gasteiger partial charge in [0.15, 0.2) is 11.0 Å². The van der Waals surface area contributed by atoms with E-state index in [1.165, 1.54) is 22.9 Å². The highest BCUT2D eigenvalue weighted by Crippen LogP contribution is 2.28. The fraction of sp³-hybridized carbons (Fsp3) is 0.318. The van der Waals surface area contributed by atoms with Crippen LogP contribution in [0.15, 0.2) is 53.7 Å². The summed E-state index contributed by atoms with van der Waals surface area (Å²) in [5.41, 5.74) is 4.38. The second kappa shape index (κ2) is 9.06. The molecule has 0 radical (unpaired) electrons. The number of aromatic nitrogens is 3. The largest absolute Gasteiger partial charge is 0.343 e. The van der Waals surface area contributed by atoms with Crippen molar-refractivity contribution in [1.82, 2.24) is 19.7 Å². The van der Waals surface area contributed by atoms with Gasteiger partial charge in [-0.3, -0.25) is 9.36 Å². The number of hydrogen-bond donors (Lipinski definition) is 0. The number of carbonyl (C=O) groups is 1. The minimum atomic E-state index is 0.116. The third-order valence-corrected chi connectivity index (χ3v) is 5.59. The van der Waals surface area contributed by atoms with Gasteiger partial charge in [-0.2, -0.15) is 0 Å². The van der Waals surface area contributed by atoms with Crippen LogP contribution in [-0.4, -0.2) is 44.4 Å².